The maximum Gasteiger partial charge on any atom is 0.338 e. The number of thiazole rings is 1. The molecule has 3 aromatic rings. The van der Waals surface area contributed by atoms with Gasteiger partial charge in [-0.3, -0.25) is 10.1 Å². The van der Waals surface area contributed by atoms with Gasteiger partial charge in [0.05, 0.1) is 11.3 Å². The number of ether oxygens (including phenoxy) is 1. The van der Waals surface area contributed by atoms with Crippen molar-refractivity contribution >= 4 is 34.0 Å². The molecule has 0 radical (unpaired) electrons. The SMILES string of the molecule is CCC(OC(=O)c1ccc(N)cc1)C(=O)Nc1nc(-c2ccc(C)cc2)cs1. The highest BCUT2D eigenvalue weighted by atomic mass is 32.1. The number of aryl methyl sites for hydroxylation is 1. The summed E-state index contributed by atoms with van der Waals surface area (Å²) < 4.78 is 5.35. The fourth-order valence-corrected chi connectivity index (χ4v) is 3.24. The van der Waals surface area contributed by atoms with Gasteiger partial charge in [0.2, 0.25) is 0 Å². The van der Waals surface area contributed by atoms with Crippen molar-refractivity contribution in [3.05, 3.63) is 65.0 Å². The van der Waals surface area contributed by atoms with E-state index in [4.69, 9.17) is 10.5 Å². The molecule has 0 spiro atoms. The molecule has 0 bridgehead atoms. The largest absolute Gasteiger partial charge is 0.449 e. The van der Waals surface area contributed by atoms with Crippen molar-refractivity contribution in [2.24, 2.45) is 0 Å². The van der Waals surface area contributed by atoms with E-state index in [-0.39, 0.29) is 0 Å². The summed E-state index contributed by atoms with van der Waals surface area (Å²) in [6.07, 6.45) is -0.556. The van der Waals surface area contributed by atoms with Crippen molar-refractivity contribution in [1.82, 2.24) is 4.98 Å². The minimum absolute atomic E-state index is 0.344. The van der Waals surface area contributed by atoms with Gasteiger partial charge < -0.3 is 10.5 Å². The number of nitrogens with two attached hydrogens (primary N) is 1. The number of aromatic nitrogens is 1. The number of nitrogens with one attached hydrogen (secondary N) is 1. The fourth-order valence-electron chi connectivity index (χ4n) is 2.51. The molecular formula is C21H21N3O3S. The van der Waals surface area contributed by atoms with Crippen molar-refractivity contribution in [1.29, 1.82) is 0 Å². The Balaban J connectivity index is 1.64. The number of benzene rings is 2. The average molecular weight is 395 g/mol. The van der Waals surface area contributed by atoms with Gasteiger partial charge in [0.15, 0.2) is 11.2 Å². The third-order valence-corrected chi connectivity index (χ3v) is 4.90. The zero-order chi connectivity index (χ0) is 20.1. The second-order valence-corrected chi connectivity index (χ2v) is 7.18. The van der Waals surface area contributed by atoms with Crippen LogP contribution in [-0.2, 0) is 9.53 Å². The van der Waals surface area contributed by atoms with Gasteiger partial charge >= 0.3 is 5.97 Å². The first-order valence-electron chi connectivity index (χ1n) is 8.86. The quantitative estimate of drug-likeness (QED) is 0.480. The van der Waals surface area contributed by atoms with E-state index in [1.54, 1.807) is 31.2 Å². The lowest BCUT2D eigenvalue weighted by atomic mass is 10.1. The molecule has 1 atom stereocenters. The van der Waals surface area contributed by atoms with Crippen LogP contribution in [-0.4, -0.2) is 23.0 Å². The van der Waals surface area contributed by atoms with Crippen LogP contribution < -0.4 is 11.1 Å². The molecule has 7 heteroatoms. The topological polar surface area (TPSA) is 94.3 Å². The molecule has 3 rings (SSSR count). The minimum atomic E-state index is -0.906. The number of carbonyl (C=O) groups is 2. The van der Waals surface area contributed by atoms with Gasteiger partial charge in [0.1, 0.15) is 0 Å². The van der Waals surface area contributed by atoms with Gasteiger partial charge in [-0.15, -0.1) is 11.3 Å². The number of hydrogen-bond acceptors (Lipinski definition) is 6. The minimum Gasteiger partial charge on any atom is -0.449 e. The van der Waals surface area contributed by atoms with Crippen LogP contribution in [0, 0.1) is 6.92 Å². The summed E-state index contributed by atoms with van der Waals surface area (Å²) in [6.45, 7) is 3.80. The molecular weight excluding hydrogens is 374 g/mol. The fraction of sp³-hybridized carbons (Fsp3) is 0.190. The molecule has 1 unspecified atom stereocenters. The zero-order valence-corrected chi connectivity index (χ0v) is 16.5. The van der Waals surface area contributed by atoms with E-state index in [1.165, 1.54) is 16.9 Å². The van der Waals surface area contributed by atoms with E-state index in [2.05, 4.69) is 10.3 Å². The molecule has 1 aromatic heterocycles. The first kappa shape index (κ1) is 19.6. The van der Waals surface area contributed by atoms with Crippen molar-refractivity contribution in [2.75, 3.05) is 11.1 Å². The zero-order valence-electron chi connectivity index (χ0n) is 15.6. The Hall–Kier alpha value is -3.19. The van der Waals surface area contributed by atoms with Crippen LogP contribution in [0.1, 0.15) is 29.3 Å². The Morgan fingerprint density at radius 3 is 2.46 bits per heavy atom. The molecule has 28 heavy (non-hydrogen) atoms. The lowest BCUT2D eigenvalue weighted by Crippen LogP contribution is -2.32. The lowest BCUT2D eigenvalue weighted by Gasteiger charge is -2.15. The van der Waals surface area contributed by atoms with Crippen molar-refractivity contribution in [3.8, 4) is 11.3 Å². The van der Waals surface area contributed by atoms with Crippen molar-refractivity contribution < 1.29 is 14.3 Å². The van der Waals surface area contributed by atoms with Crippen LogP contribution in [0.25, 0.3) is 11.3 Å². The number of nitrogen functional groups attached to an aromatic ring is 1. The number of carbonyl (C=O) groups excluding carboxylic acids is 2. The maximum atomic E-state index is 12.5. The number of anilines is 2. The van der Waals surface area contributed by atoms with Gasteiger partial charge in [-0.1, -0.05) is 36.8 Å². The number of rotatable bonds is 6. The summed E-state index contributed by atoms with van der Waals surface area (Å²) >= 11 is 1.32. The van der Waals surface area contributed by atoms with Crippen LogP contribution in [0.2, 0.25) is 0 Å². The standard InChI is InChI=1S/C21H21N3O3S/c1-3-18(27-20(26)15-8-10-16(22)11-9-15)19(25)24-21-23-17(12-28-21)14-6-4-13(2)5-7-14/h4-12,18H,3,22H2,1-2H3,(H,23,24,25). The van der Waals surface area contributed by atoms with Crippen LogP contribution >= 0.6 is 11.3 Å². The van der Waals surface area contributed by atoms with E-state index >= 15 is 0 Å². The number of hydrogen-bond donors (Lipinski definition) is 2. The molecule has 144 valence electrons. The predicted molar refractivity (Wildman–Crippen MR) is 111 cm³/mol. The van der Waals surface area contributed by atoms with Crippen LogP contribution in [0.4, 0.5) is 10.8 Å². The Morgan fingerprint density at radius 1 is 1.14 bits per heavy atom. The van der Waals surface area contributed by atoms with Gasteiger partial charge in [-0.25, -0.2) is 9.78 Å². The summed E-state index contributed by atoms with van der Waals surface area (Å²) in [5, 5.41) is 5.07. The Kier molecular flexibility index (Phi) is 6.06. The second-order valence-electron chi connectivity index (χ2n) is 6.32. The predicted octanol–water partition coefficient (Wildman–Crippen LogP) is 4.27. The highest BCUT2D eigenvalue weighted by Gasteiger charge is 2.23. The normalized spacial score (nSPS) is 11.6. The highest BCUT2D eigenvalue weighted by molar-refractivity contribution is 7.14. The highest BCUT2D eigenvalue weighted by Crippen LogP contribution is 2.25. The summed E-state index contributed by atoms with van der Waals surface area (Å²) in [5.41, 5.74) is 9.44. The number of esters is 1. The van der Waals surface area contributed by atoms with Crippen molar-refractivity contribution in [3.63, 3.8) is 0 Å². The molecule has 0 saturated heterocycles. The molecule has 0 aliphatic carbocycles. The third kappa shape index (κ3) is 4.75. The van der Waals surface area contributed by atoms with Gasteiger partial charge in [-0.05, 0) is 37.6 Å². The molecule has 6 nitrogen and oxygen atoms in total. The molecule has 0 aliphatic heterocycles. The van der Waals surface area contributed by atoms with E-state index in [1.807, 2.05) is 36.6 Å². The van der Waals surface area contributed by atoms with Gasteiger partial charge in [0.25, 0.3) is 5.91 Å². The monoisotopic (exact) mass is 395 g/mol. The molecule has 0 aliphatic rings. The Morgan fingerprint density at radius 2 is 1.82 bits per heavy atom. The summed E-state index contributed by atoms with van der Waals surface area (Å²) in [4.78, 5) is 29.2. The molecule has 0 saturated carbocycles. The number of nitrogens with zero attached hydrogens (tertiary/aromatic N) is 1. The van der Waals surface area contributed by atoms with E-state index in [0.717, 1.165) is 11.3 Å². The van der Waals surface area contributed by atoms with E-state index in [0.29, 0.717) is 22.8 Å². The van der Waals surface area contributed by atoms with Gasteiger partial charge in [-0.2, -0.15) is 0 Å². The molecule has 2 aromatic carbocycles. The van der Waals surface area contributed by atoms with Crippen LogP contribution in [0.5, 0.6) is 0 Å². The average Bonchev–Trinajstić information content (AvgIpc) is 3.15. The van der Waals surface area contributed by atoms with E-state index < -0.39 is 18.0 Å². The molecule has 0 fully saturated rings. The lowest BCUT2D eigenvalue weighted by molar-refractivity contribution is -0.124. The second kappa shape index (κ2) is 8.67. The molecule has 1 heterocycles. The van der Waals surface area contributed by atoms with Crippen LogP contribution in [0.3, 0.4) is 0 Å². The number of amides is 1. The first-order chi connectivity index (χ1) is 13.5. The van der Waals surface area contributed by atoms with Crippen LogP contribution in [0.15, 0.2) is 53.9 Å². The maximum absolute atomic E-state index is 12.5. The summed E-state index contributed by atoms with van der Waals surface area (Å²) in [6, 6.07) is 14.3. The van der Waals surface area contributed by atoms with Gasteiger partial charge in [0, 0.05) is 16.6 Å². The molecule has 3 N–H and O–H groups in total. The Labute approximate surface area is 167 Å². The Bertz CT molecular complexity index is 965. The smallest absolute Gasteiger partial charge is 0.338 e. The first-order valence-corrected chi connectivity index (χ1v) is 9.74. The van der Waals surface area contributed by atoms with E-state index in [9.17, 15) is 9.59 Å². The summed E-state index contributed by atoms with van der Waals surface area (Å²) in [7, 11) is 0. The summed E-state index contributed by atoms with van der Waals surface area (Å²) in [5.74, 6) is -0.974. The van der Waals surface area contributed by atoms with Crippen molar-refractivity contribution in [2.45, 2.75) is 26.4 Å². The third-order valence-electron chi connectivity index (χ3n) is 4.14. The molecule has 1 amide bonds.